The van der Waals surface area contributed by atoms with Crippen molar-refractivity contribution in [2.45, 2.75) is 26.4 Å². The van der Waals surface area contributed by atoms with Gasteiger partial charge in [0, 0.05) is 26.2 Å². The van der Waals surface area contributed by atoms with Crippen molar-refractivity contribution in [3.05, 3.63) is 0 Å². The number of hydrogen-bond acceptors (Lipinski definition) is 3. The first-order chi connectivity index (χ1) is 6.26. The molecule has 1 saturated heterocycles. The third-order valence-electron chi connectivity index (χ3n) is 2.56. The van der Waals surface area contributed by atoms with Crippen LogP contribution in [0, 0.1) is 5.92 Å². The van der Waals surface area contributed by atoms with Crippen molar-refractivity contribution in [1.29, 1.82) is 0 Å². The molecular weight excluding hydrogens is 166 g/mol. The molecule has 1 heterocycles. The Hall–Kier alpha value is -0.120. The highest BCUT2D eigenvalue weighted by Crippen LogP contribution is 2.09. The maximum absolute atomic E-state index is 8.93. The quantitative estimate of drug-likeness (QED) is 0.704. The van der Waals surface area contributed by atoms with E-state index in [2.05, 4.69) is 18.7 Å². The Morgan fingerprint density at radius 1 is 1.62 bits per heavy atom. The van der Waals surface area contributed by atoms with Crippen LogP contribution in [0.2, 0.25) is 0 Å². The summed E-state index contributed by atoms with van der Waals surface area (Å²) in [6, 6.07) is 0. The van der Waals surface area contributed by atoms with Crippen LogP contribution in [-0.2, 0) is 4.74 Å². The third kappa shape index (κ3) is 3.63. The normalized spacial score (nSPS) is 27.5. The average Bonchev–Trinajstić information content (AvgIpc) is 2.18. The van der Waals surface area contributed by atoms with Gasteiger partial charge in [-0.3, -0.25) is 4.90 Å². The average molecular weight is 187 g/mol. The fourth-order valence-electron chi connectivity index (χ4n) is 1.69. The van der Waals surface area contributed by atoms with Crippen LogP contribution in [0.4, 0.5) is 0 Å². The number of rotatable bonds is 4. The molecule has 1 N–H and O–H groups in total. The Kier molecular flexibility index (Phi) is 4.70. The number of aliphatic hydroxyl groups excluding tert-OH is 1. The summed E-state index contributed by atoms with van der Waals surface area (Å²) in [5.41, 5.74) is 0. The molecule has 2 unspecified atom stereocenters. The van der Waals surface area contributed by atoms with Gasteiger partial charge in [-0.05, 0) is 12.3 Å². The highest BCUT2D eigenvalue weighted by molar-refractivity contribution is 4.71. The number of aliphatic hydroxyl groups is 1. The number of ether oxygens (including phenoxy) is 1. The molecule has 0 aromatic heterocycles. The molecule has 1 aliphatic rings. The van der Waals surface area contributed by atoms with Gasteiger partial charge in [-0.15, -0.1) is 0 Å². The van der Waals surface area contributed by atoms with E-state index in [1.54, 1.807) is 0 Å². The molecule has 0 aromatic rings. The zero-order valence-corrected chi connectivity index (χ0v) is 8.70. The Morgan fingerprint density at radius 2 is 2.38 bits per heavy atom. The lowest BCUT2D eigenvalue weighted by atomic mass is 10.1. The van der Waals surface area contributed by atoms with Gasteiger partial charge in [0.05, 0.1) is 12.7 Å². The first kappa shape index (κ1) is 11.0. The van der Waals surface area contributed by atoms with E-state index in [9.17, 15) is 0 Å². The summed E-state index contributed by atoms with van der Waals surface area (Å²) >= 11 is 0. The van der Waals surface area contributed by atoms with Crippen molar-refractivity contribution < 1.29 is 9.84 Å². The van der Waals surface area contributed by atoms with Crippen LogP contribution in [0.3, 0.4) is 0 Å². The molecular formula is C10H21NO2. The van der Waals surface area contributed by atoms with Gasteiger partial charge >= 0.3 is 0 Å². The van der Waals surface area contributed by atoms with E-state index in [1.165, 1.54) is 0 Å². The molecule has 0 aromatic carbocycles. The number of hydrogen-bond donors (Lipinski definition) is 1. The maximum Gasteiger partial charge on any atom is 0.0700 e. The van der Waals surface area contributed by atoms with Crippen molar-refractivity contribution >= 4 is 0 Å². The Labute approximate surface area is 80.7 Å². The summed E-state index contributed by atoms with van der Waals surface area (Å²) in [5.74, 6) is 0.385. The van der Waals surface area contributed by atoms with E-state index in [0.717, 1.165) is 32.7 Å². The van der Waals surface area contributed by atoms with Crippen molar-refractivity contribution in [2.75, 3.05) is 32.8 Å². The van der Waals surface area contributed by atoms with Crippen molar-refractivity contribution in [1.82, 2.24) is 4.90 Å². The Bertz CT molecular complexity index is 139. The van der Waals surface area contributed by atoms with Gasteiger partial charge in [0.25, 0.3) is 0 Å². The molecule has 0 amide bonds. The highest BCUT2D eigenvalue weighted by Gasteiger charge is 2.19. The Morgan fingerprint density at radius 3 is 3.00 bits per heavy atom. The lowest BCUT2D eigenvalue weighted by Crippen LogP contribution is -2.44. The smallest absolute Gasteiger partial charge is 0.0700 e. The number of nitrogens with zero attached hydrogens (tertiary/aromatic N) is 1. The summed E-state index contributed by atoms with van der Waals surface area (Å²) in [6.45, 7) is 8.41. The first-order valence-electron chi connectivity index (χ1n) is 5.21. The zero-order valence-electron chi connectivity index (χ0n) is 8.70. The van der Waals surface area contributed by atoms with E-state index in [4.69, 9.17) is 9.84 Å². The summed E-state index contributed by atoms with van der Waals surface area (Å²) < 4.78 is 5.57. The summed E-state index contributed by atoms with van der Waals surface area (Å²) in [5, 5.41) is 8.93. The zero-order chi connectivity index (χ0) is 9.68. The topological polar surface area (TPSA) is 32.7 Å². The minimum Gasteiger partial charge on any atom is -0.396 e. The van der Waals surface area contributed by atoms with Crippen LogP contribution in [0.1, 0.15) is 20.3 Å². The van der Waals surface area contributed by atoms with Crippen LogP contribution < -0.4 is 0 Å². The van der Waals surface area contributed by atoms with Gasteiger partial charge in [0.2, 0.25) is 0 Å². The fraction of sp³-hybridized carbons (Fsp3) is 1.00. The van der Waals surface area contributed by atoms with Crippen LogP contribution in [0.25, 0.3) is 0 Å². The van der Waals surface area contributed by atoms with Crippen molar-refractivity contribution in [3.8, 4) is 0 Å². The van der Waals surface area contributed by atoms with E-state index in [1.807, 2.05) is 0 Å². The van der Waals surface area contributed by atoms with Gasteiger partial charge in [0.15, 0.2) is 0 Å². The third-order valence-corrected chi connectivity index (χ3v) is 2.56. The SMILES string of the molecule is CCC1CN(CC(C)CO)CCO1. The minimum atomic E-state index is 0.286. The Balaban J connectivity index is 2.25. The van der Waals surface area contributed by atoms with Gasteiger partial charge in [-0.25, -0.2) is 0 Å². The molecule has 3 nitrogen and oxygen atoms in total. The largest absolute Gasteiger partial charge is 0.396 e. The second-order valence-electron chi connectivity index (χ2n) is 3.95. The maximum atomic E-state index is 8.93. The van der Waals surface area contributed by atoms with Crippen LogP contribution in [-0.4, -0.2) is 49.0 Å². The predicted octanol–water partition coefficient (Wildman–Crippen LogP) is 0.726. The first-order valence-corrected chi connectivity index (χ1v) is 5.21. The molecule has 0 saturated carbocycles. The lowest BCUT2D eigenvalue weighted by molar-refractivity contribution is -0.0353. The molecule has 1 aliphatic heterocycles. The van der Waals surface area contributed by atoms with E-state index >= 15 is 0 Å². The molecule has 0 aliphatic carbocycles. The fourth-order valence-corrected chi connectivity index (χ4v) is 1.69. The van der Waals surface area contributed by atoms with Crippen molar-refractivity contribution in [2.24, 2.45) is 5.92 Å². The molecule has 2 atom stereocenters. The van der Waals surface area contributed by atoms with Gasteiger partial charge in [0.1, 0.15) is 0 Å². The van der Waals surface area contributed by atoms with E-state index < -0.39 is 0 Å². The second kappa shape index (κ2) is 5.58. The molecule has 1 rings (SSSR count). The minimum absolute atomic E-state index is 0.286. The number of morpholine rings is 1. The van der Waals surface area contributed by atoms with E-state index in [-0.39, 0.29) is 6.61 Å². The summed E-state index contributed by atoms with van der Waals surface area (Å²) in [6.07, 6.45) is 1.49. The standard InChI is InChI=1S/C10H21NO2/c1-3-10-7-11(4-5-13-10)6-9(2)8-12/h9-10,12H,3-8H2,1-2H3. The van der Waals surface area contributed by atoms with Gasteiger partial charge < -0.3 is 9.84 Å². The second-order valence-corrected chi connectivity index (χ2v) is 3.95. The molecule has 78 valence electrons. The summed E-state index contributed by atoms with van der Waals surface area (Å²) in [7, 11) is 0. The van der Waals surface area contributed by atoms with Crippen LogP contribution >= 0.6 is 0 Å². The molecule has 1 fully saturated rings. The molecule has 13 heavy (non-hydrogen) atoms. The molecule has 3 heteroatoms. The van der Waals surface area contributed by atoms with Crippen molar-refractivity contribution in [3.63, 3.8) is 0 Å². The van der Waals surface area contributed by atoms with E-state index in [0.29, 0.717) is 12.0 Å². The van der Waals surface area contributed by atoms with Crippen LogP contribution in [0.15, 0.2) is 0 Å². The monoisotopic (exact) mass is 187 g/mol. The van der Waals surface area contributed by atoms with Gasteiger partial charge in [-0.2, -0.15) is 0 Å². The predicted molar refractivity (Wildman–Crippen MR) is 52.7 cm³/mol. The summed E-state index contributed by atoms with van der Waals surface area (Å²) in [4.78, 5) is 2.39. The van der Waals surface area contributed by atoms with Gasteiger partial charge in [-0.1, -0.05) is 13.8 Å². The van der Waals surface area contributed by atoms with Crippen LogP contribution in [0.5, 0.6) is 0 Å². The molecule has 0 bridgehead atoms. The lowest BCUT2D eigenvalue weighted by Gasteiger charge is -2.33. The molecule has 0 radical (unpaired) electrons. The molecule has 0 spiro atoms. The highest BCUT2D eigenvalue weighted by atomic mass is 16.5.